The van der Waals surface area contributed by atoms with Crippen LogP contribution >= 0.6 is 7.26 Å². The van der Waals surface area contributed by atoms with Crippen LogP contribution in [0.25, 0.3) is 0 Å². The number of cyclic esters (lactones) is 1. The van der Waals surface area contributed by atoms with Crippen LogP contribution in [0.4, 0.5) is 4.79 Å². The maximum Gasteiger partial charge on any atom is 0.407 e. The molecule has 0 radical (unpaired) electrons. The predicted molar refractivity (Wildman–Crippen MR) is 324 cm³/mol. The number of rotatable bonds is 20. The van der Waals surface area contributed by atoms with Gasteiger partial charge in [-0.2, -0.15) is 0 Å². The number of nitrogens with zero attached hydrogens (tertiary/aromatic N) is 2. The zero-order valence-electron chi connectivity index (χ0n) is 51.8. The van der Waals surface area contributed by atoms with E-state index in [9.17, 15) is 30.0 Å². The van der Waals surface area contributed by atoms with Gasteiger partial charge in [0.2, 0.25) is 0 Å². The molecule has 5 N–H and O–H groups in total. The molecule has 18 atom stereocenters. The van der Waals surface area contributed by atoms with Crippen LogP contribution in [0.1, 0.15) is 133 Å². The number of alkyl carbamates (subject to hydrolysis) is 1. The molecule has 6 rings (SSSR count). The van der Waals surface area contributed by atoms with Crippen molar-refractivity contribution >= 4 is 35.2 Å². The molecule has 3 fully saturated rings. The number of ether oxygens (including phenoxy) is 7. The van der Waals surface area contributed by atoms with Crippen molar-refractivity contribution in [2.75, 3.05) is 47.5 Å². The fourth-order valence-electron chi connectivity index (χ4n) is 13.3. The first-order chi connectivity index (χ1) is 38.8. The van der Waals surface area contributed by atoms with Crippen LogP contribution in [0.5, 0.6) is 0 Å². The summed E-state index contributed by atoms with van der Waals surface area (Å²) < 4.78 is 44.8. The van der Waals surface area contributed by atoms with Gasteiger partial charge in [0.25, 0.3) is 0 Å². The van der Waals surface area contributed by atoms with Gasteiger partial charge in [0, 0.05) is 44.6 Å². The van der Waals surface area contributed by atoms with Gasteiger partial charge in [-0.25, -0.2) is 4.79 Å². The number of hydrogen-bond donors (Lipinski definition) is 5. The maximum absolute atomic E-state index is 14.9. The third-order valence-electron chi connectivity index (χ3n) is 18.2. The van der Waals surface area contributed by atoms with Gasteiger partial charge in [0.1, 0.15) is 47.1 Å². The Balaban J connectivity index is 1.17. The van der Waals surface area contributed by atoms with Crippen LogP contribution in [0.15, 0.2) is 91.0 Å². The van der Waals surface area contributed by atoms with E-state index >= 15 is 0 Å². The predicted octanol–water partition coefficient (Wildman–Crippen LogP) is 7.97. The number of carbonyl (C=O) groups is 2. The Bertz CT molecular complexity index is 2290. The number of aliphatic hydroxyl groups is 4. The van der Waals surface area contributed by atoms with Crippen molar-refractivity contribution in [2.24, 2.45) is 17.8 Å². The lowest BCUT2D eigenvalue weighted by atomic mass is 9.77. The Morgan fingerprint density at radius 3 is 1.87 bits per heavy atom. The van der Waals surface area contributed by atoms with E-state index in [1.165, 1.54) is 23.0 Å². The van der Waals surface area contributed by atoms with Gasteiger partial charge in [-0.15, -0.1) is 0 Å². The van der Waals surface area contributed by atoms with Crippen molar-refractivity contribution in [3.63, 3.8) is 0 Å². The molecule has 3 aliphatic heterocycles. The SMILES string of the molecule is CC[C@H]1OC(=O)[C@H](C)[C@@H](O[C@H]2C[C@@](C)(OC)[C@@H](O)[C@H](C)O2)[C@H](C)[C@@H](O[C@@H]2O[C@H](C)C[C@H](N(C)C)[C@H]2O)[C@](C)(O)C[C@@H](C)CN(C)[C@H](C)[C@@H](OC(=O)NCCCCCCCC[P+](c2ccccc2)(c2ccccc2)c2ccccc2)[C@]1(C)O. The van der Waals surface area contributed by atoms with E-state index in [-0.39, 0.29) is 37.3 Å². The summed E-state index contributed by atoms with van der Waals surface area (Å²) in [5, 5.41) is 55.7. The summed E-state index contributed by atoms with van der Waals surface area (Å²) in [5.74, 6) is -2.82. The number of unbranched alkanes of at least 4 members (excludes halogenated alkanes) is 5. The number of likely N-dealkylation sites (N-methyl/N-ethyl adjacent to an activating group) is 2. The van der Waals surface area contributed by atoms with E-state index in [1.807, 2.05) is 58.6 Å². The number of aliphatic hydroxyl groups excluding tert-OH is 2. The second-order valence-corrected chi connectivity index (χ2v) is 28.8. The molecule has 0 unspecified atom stereocenters. The first kappa shape index (κ1) is 67.5. The van der Waals surface area contributed by atoms with E-state index in [4.69, 9.17) is 33.2 Å². The average Bonchev–Trinajstić information content (AvgIpc) is 3.66. The molecule has 16 nitrogen and oxygen atoms in total. The molecule has 0 aliphatic carbocycles. The summed E-state index contributed by atoms with van der Waals surface area (Å²) in [6.07, 6.45) is -2.39. The molecule has 3 aliphatic rings. The molecule has 3 aromatic rings. The Labute approximate surface area is 491 Å². The van der Waals surface area contributed by atoms with Crippen molar-refractivity contribution in [3.8, 4) is 0 Å². The van der Waals surface area contributed by atoms with Crippen molar-refractivity contribution in [1.29, 1.82) is 0 Å². The minimum atomic E-state index is -1.90. The monoisotopic (exact) mass is 1160 g/mol. The average molecular weight is 1170 g/mol. The summed E-state index contributed by atoms with van der Waals surface area (Å²) >= 11 is 0. The smallest absolute Gasteiger partial charge is 0.407 e. The third kappa shape index (κ3) is 16.5. The van der Waals surface area contributed by atoms with E-state index in [2.05, 4.69) is 96.3 Å². The fraction of sp³-hybridized carbons (Fsp3) is 0.692. The van der Waals surface area contributed by atoms with E-state index in [1.54, 1.807) is 41.5 Å². The van der Waals surface area contributed by atoms with Crippen LogP contribution < -0.4 is 21.2 Å². The Hall–Kier alpha value is -3.61. The van der Waals surface area contributed by atoms with E-state index < -0.39 is 109 Å². The molecular formula is C65H103N3O13P+. The Morgan fingerprint density at radius 2 is 1.33 bits per heavy atom. The number of esters is 1. The third-order valence-corrected chi connectivity index (χ3v) is 22.7. The molecular weight excluding hydrogens is 1060 g/mol. The van der Waals surface area contributed by atoms with E-state index in [0.717, 1.165) is 44.7 Å². The minimum absolute atomic E-state index is 0.102. The quantitative estimate of drug-likeness (QED) is 0.0415. The van der Waals surface area contributed by atoms with Gasteiger partial charge >= 0.3 is 12.1 Å². The highest BCUT2D eigenvalue weighted by Gasteiger charge is 2.54. The molecule has 3 heterocycles. The molecule has 0 spiro atoms. The van der Waals surface area contributed by atoms with Crippen LogP contribution in [0.3, 0.4) is 0 Å². The highest BCUT2D eigenvalue weighted by Crippen LogP contribution is 2.56. The number of amides is 1. The van der Waals surface area contributed by atoms with E-state index in [0.29, 0.717) is 19.5 Å². The van der Waals surface area contributed by atoms with Crippen LogP contribution in [0, 0.1) is 17.8 Å². The molecule has 17 heteroatoms. The van der Waals surface area contributed by atoms with Gasteiger partial charge in [0.15, 0.2) is 18.7 Å². The summed E-state index contributed by atoms with van der Waals surface area (Å²) in [4.78, 5) is 32.7. The summed E-state index contributed by atoms with van der Waals surface area (Å²) in [6, 6.07) is 32.0. The lowest BCUT2D eigenvalue weighted by molar-refractivity contribution is -0.318. The van der Waals surface area contributed by atoms with Gasteiger partial charge in [-0.3, -0.25) is 9.69 Å². The standard InChI is InChI=1S/C65H102N3O13P/c1-15-53-65(10,74)59(81-62(72)66-37-29-18-16-17-19-30-38-82(49-31-23-20-24-32-49,50-33-25-21-26-34-50)51-35-27-22-28-36-51)47(6)68(13)42-43(2)40-63(8,73)58(80-61-55(69)52(67(11)12)39-44(3)76-61)45(4)56(46(5)60(71)78-53)79-54-41-64(9,75-14)57(70)48(7)77-54/h20-28,31-36,43-48,52-59,61,69-70,73-74H,15-19,29-30,37-42H2,1-14H3/p+1/t43-,44-,45+,46-,47-,48+,52+,53-,54+,55-,56+,57+,58-,59-,61+,63-,64-,65-/m1/s1. The normalized spacial score (nSPS) is 35.7. The molecule has 3 saturated heterocycles. The molecule has 460 valence electrons. The zero-order valence-corrected chi connectivity index (χ0v) is 52.7. The highest BCUT2D eigenvalue weighted by molar-refractivity contribution is 7.95. The molecule has 82 heavy (non-hydrogen) atoms. The van der Waals surface area contributed by atoms with Crippen molar-refractivity contribution < 1.29 is 63.2 Å². The minimum Gasteiger partial charge on any atom is -0.459 e. The summed E-state index contributed by atoms with van der Waals surface area (Å²) in [5.41, 5.74) is -4.59. The second-order valence-electron chi connectivity index (χ2n) is 25.1. The Kier molecular flexibility index (Phi) is 24.8. The zero-order chi connectivity index (χ0) is 60.2. The number of hydrogen-bond acceptors (Lipinski definition) is 15. The van der Waals surface area contributed by atoms with Crippen LogP contribution in [-0.2, 0) is 38.0 Å². The molecule has 1 amide bonds. The van der Waals surface area contributed by atoms with Crippen molar-refractivity contribution in [2.45, 2.75) is 224 Å². The van der Waals surface area contributed by atoms with Gasteiger partial charge < -0.3 is 63.8 Å². The number of benzene rings is 3. The number of carbonyl (C=O) groups excluding carboxylic acids is 2. The van der Waals surface area contributed by atoms with Gasteiger partial charge in [-0.1, -0.05) is 94.6 Å². The lowest BCUT2D eigenvalue weighted by Gasteiger charge is -2.48. The van der Waals surface area contributed by atoms with Crippen LogP contribution in [-0.4, -0.2) is 180 Å². The van der Waals surface area contributed by atoms with Crippen molar-refractivity contribution in [1.82, 2.24) is 15.1 Å². The summed E-state index contributed by atoms with van der Waals surface area (Å²) in [6.45, 7) is 18.6. The van der Waals surface area contributed by atoms with Crippen molar-refractivity contribution in [3.05, 3.63) is 91.0 Å². The van der Waals surface area contributed by atoms with Crippen LogP contribution in [0.2, 0.25) is 0 Å². The second kappa shape index (κ2) is 30.1. The first-order valence-corrected chi connectivity index (χ1v) is 32.3. The molecule has 3 aromatic carbocycles. The number of nitrogens with one attached hydrogen (secondary N) is 1. The Morgan fingerprint density at radius 1 is 0.780 bits per heavy atom. The summed E-state index contributed by atoms with van der Waals surface area (Å²) in [7, 11) is 5.28. The maximum atomic E-state index is 14.9. The highest BCUT2D eigenvalue weighted by atomic mass is 31.2. The lowest BCUT2D eigenvalue weighted by Crippen LogP contribution is -2.61. The van der Waals surface area contributed by atoms with Gasteiger partial charge in [-0.05, 0) is 150 Å². The molecule has 0 bridgehead atoms. The fourth-order valence-corrected chi connectivity index (χ4v) is 17.8. The largest absolute Gasteiger partial charge is 0.459 e. The van der Waals surface area contributed by atoms with Gasteiger partial charge in [0.05, 0.1) is 47.7 Å². The topological polar surface area (TPSA) is 198 Å². The molecule has 0 saturated carbocycles. The number of methoxy groups -OCH3 is 1. The molecule has 0 aromatic heterocycles. The first-order valence-electron chi connectivity index (χ1n) is 30.4.